The molecule has 3 N–H and O–H groups in total. The first-order valence-electron chi connectivity index (χ1n) is 5.59. The Bertz CT molecular complexity index is 763. The van der Waals surface area contributed by atoms with E-state index in [4.69, 9.17) is 17.3 Å². The molecule has 0 heterocycles. The van der Waals surface area contributed by atoms with Gasteiger partial charge in [-0.1, -0.05) is 11.6 Å². The molecule has 0 saturated carbocycles. The minimum absolute atomic E-state index is 0.0127. The molecule has 4 nitrogen and oxygen atoms in total. The predicted molar refractivity (Wildman–Crippen MR) is 78.7 cm³/mol. The van der Waals surface area contributed by atoms with Crippen molar-refractivity contribution < 1.29 is 12.8 Å². The van der Waals surface area contributed by atoms with Gasteiger partial charge in [-0.05, 0) is 36.4 Å². The van der Waals surface area contributed by atoms with E-state index in [1.807, 2.05) is 0 Å². The fraction of sp³-hybridized carbons (Fsp3) is 0.0769. The van der Waals surface area contributed by atoms with Gasteiger partial charge in [0, 0.05) is 11.9 Å². The van der Waals surface area contributed by atoms with E-state index in [1.54, 1.807) is 6.07 Å². The molecule has 0 fully saturated rings. The van der Waals surface area contributed by atoms with Crippen LogP contribution >= 0.6 is 11.6 Å². The smallest absolute Gasteiger partial charge is 0.175 e. The normalized spacial score (nSPS) is 11.3. The Morgan fingerprint density at radius 2 is 1.90 bits per heavy atom. The molecule has 2 aromatic carbocycles. The predicted octanol–water partition coefficient (Wildman–Crippen LogP) is 3.21. The maximum Gasteiger partial charge on any atom is 0.175 e. The van der Waals surface area contributed by atoms with Crippen LogP contribution in [0.3, 0.4) is 0 Å². The zero-order valence-corrected chi connectivity index (χ0v) is 12.1. The molecule has 2 aromatic rings. The van der Waals surface area contributed by atoms with Gasteiger partial charge in [0.25, 0.3) is 0 Å². The van der Waals surface area contributed by atoms with E-state index in [-0.39, 0.29) is 15.6 Å². The molecule has 0 aromatic heterocycles. The number of hydrogen-bond donors (Lipinski definition) is 2. The lowest BCUT2D eigenvalue weighted by Gasteiger charge is -2.11. The summed E-state index contributed by atoms with van der Waals surface area (Å²) in [4.78, 5) is 0.137. The largest absolute Gasteiger partial charge is 0.397 e. The molecule has 0 spiro atoms. The highest BCUT2D eigenvalue weighted by atomic mass is 35.5. The molecule has 0 aliphatic rings. The summed E-state index contributed by atoms with van der Waals surface area (Å²) in [5, 5.41) is 2.94. The number of nitrogen functional groups attached to an aromatic ring is 1. The SMILES string of the molecule is CS(=O)(=O)c1ccc(Nc2ccc(F)c(Cl)c2)c(N)c1. The molecule has 0 unspecified atom stereocenters. The van der Waals surface area contributed by atoms with Crippen molar-refractivity contribution in [1.29, 1.82) is 0 Å². The minimum Gasteiger partial charge on any atom is -0.397 e. The molecular weight excluding hydrogens is 303 g/mol. The second-order valence-corrected chi connectivity index (χ2v) is 6.70. The minimum atomic E-state index is -3.31. The highest BCUT2D eigenvalue weighted by Crippen LogP contribution is 2.28. The molecule has 20 heavy (non-hydrogen) atoms. The van der Waals surface area contributed by atoms with Crippen molar-refractivity contribution >= 4 is 38.5 Å². The highest BCUT2D eigenvalue weighted by molar-refractivity contribution is 7.90. The van der Waals surface area contributed by atoms with Gasteiger partial charge in [-0.15, -0.1) is 0 Å². The van der Waals surface area contributed by atoms with Crippen LogP contribution in [0.4, 0.5) is 21.5 Å². The van der Waals surface area contributed by atoms with E-state index in [0.717, 1.165) is 6.26 Å². The molecule has 0 atom stereocenters. The highest BCUT2D eigenvalue weighted by Gasteiger charge is 2.10. The van der Waals surface area contributed by atoms with Crippen molar-refractivity contribution in [3.05, 3.63) is 47.2 Å². The van der Waals surface area contributed by atoms with Gasteiger partial charge in [0.15, 0.2) is 9.84 Å². The van der Waals surface area contributed by atoms with Gasteiger partial charge < -0.3 is 11.1 Å². The lowest BCUT2D eigenvalue weighted by atomic mass is 10.2. The van der Waals surface area contributed by atoms with Gasteiger partial charge in [-0.3, -0.25) is 0 Å². The lowest BCUT2D eigenvalue weighted by Crippen LogP contribution is -2.01. The summed E-state index contributed by atoms with van der Waals surface area (Å²) < 4.78 is 35.9. The maximum absolute atomic E-state index is 13.0. The fourth-order valence-corrected chi connectivity index (χ4v) is 2.45. The summed E-state index contributed by atoms with van der Waals surface area (Å²) in [6, 6.07) is 8.50. The summed E-state index contributed by atoms with van der Waals surface area (Å²) in [6.07, 6.45) is 1.11. The molecular formula is C13H12ClFN2O2S. The first-order valence-corrected chi connectivity index (χ1v) is 7.86. The van der Waals surface area contributed by atoms with Gasteiger partial charge in [-0.2, -0.15) is 0 Å². The number of nitrogens with two attached hydrogens (primary N) is 1. The zero-order chi connectivity index (χ0) is 14.9. The third kappa shape index (κ3) is 3.20. The van der Waals surface area contributed by atoms with E-state index in [1.165, 1.54) is 30.3 Å². The van der Waals surface area contributed by atoms with Crippen molar-refractivity contribution in [3.63, 3.8) is 0 Å². The molecule has 0 saturated heterocycles. The Morgan fingerprint density at radius 1 is 1.20 bits per heavy atom. The van der Waals surface area contributed by atoms with Crippen LogP contribution in [0.1, 0.15) is 0 Å². The first kappa shape index (κ1) is 14.6. The summed E-state index contributed by atoms with van der Waals surface area (Å²) in [5.74, 6) is -0.516. The van der Waals surface area contributed by atoms with Crippen LogP contribution in [0.5, 0.6) is 0 Å². The number of benzene rings is 2. The summed E-state index contributed by atoms with van der Waals surface area (Å²) in [7, 11) is -3.31. The van der Waals surface area contributed by atoms with Crippen LogP contribution in [0.15, 0.2) is 41.3 Å². The van der Waals surface area contributed by atoms with Crippen LogP contribution in [-0.4, -0.2) is 14.7 Å². The third-order valence-corrected chi connectivity index (χ3v) is 4.05. The van der Waals surface area contributed by atoms with E-state index >= 15 is 0 Å². The second-order valence-electron chi connectivity index (χ2n) is 4.28. The number of sulfone groups is 1. The number of hydrogen-bond acceptors (Lipinski definition) is 4. The molecule has 0 bridgehead atoms. The molecule has 7 heteroatoms. The van der Waals surface area contributed by atoms with Gasteiger partial charge in [0.2, 0.25) is 0 Å². The number of rotatable bonds is 3. The zero-order valence-electron chi connectivity index (χ0n) is 10.5. The van der Waals surface area contributed by atoms with Crippen LogP contribution in [0.2, 0.25) is 5.02 Å². The van der Waals surface area contributed by atoms with Crippen LogP contribution in [-0.2, 0) is 9.84 Å². The Labute approximate surface area is 121 Å². The number of anilines is 3. The number of nitrogens with one attached hydrogen (secondary N) is 1. The average molecular weight is 315 g/mol. The average Bonchev–Trinajstić information content (AvgIpc) is 2.35. The molecule has 0 aliphatic heterocycles. The van der Waals surface area contributed by atoms with E-state index in [9.17, 15) is 12.8 Å². The Hall–Kier alpha value is -1.79. The summed E-state index contributed by atoms with van der Waals surface area (Å²) in [5.41, 5.74) is 7.14. The van der Waals surface area contributed by atoms with Crippen molar-refractivity contribution in [2.24, 2.45) is 0 Å². The van der Waals surface area contributed by atoms with Gasteiger partial charge in [-0.25, -0.2) is 12.8 Å². The summed E-state index contributed by atoms with van der Waals surface area (Å²) >= 11 is 5.68. The van der Waals surface area contributed by atoms with Crippen molar-refractivity contribution in [2.45, 2.75) is 4.90 Å². The van der Waals surface area contributed by atoms with Crippen LogP contribution < -0.4 is 11.1 Å². The van der Waals surface area contributed by atoms with E-state index < -0.39 is 15.7 Å². The van der Waals surface area contributed by atoms with Crippen molar-refractivity contribution in [2.75, 3.05) is 17.3 Å². The van der Waals surface area contributed by atoms with Crippen LogP contribution in [0.25, 0.3) is 0 Å². The second kappa shape index (κ2) is 5.30. The van der Waals surface area contributed by atoms with Crippen molar-refractivity contribution in [3.8, 4) is 0 Å². The molecule has 0 amide bonds. The lowest BCUT2D eigenvalue weighted by molar-refractivity contribution is 0.602. The Morgan fingerprint density at radius 3 is 2.45 bits per heavy atom. The van der Waals surface area contributed by atoms with Crippen LogP contribution in [0, 0.1) is 5.82 Å². The quantitative estimate of drug-likeness (QED) is 0.853. The Balaban J connectivity index is 2.32. The maximum atomic E-state index is 13.0. The van der Waals surface area contributed by atoms with Gasteiger partial charge >= 0.3 is 0 Å². The summed E-state index contributed by atoms with van der Waals surface area (Å²) in [6.45, 7) is 0. The monoisotopic (exact) mass is 314 g/mol. The Kier molecular flexibility index (Phi) is 3.87. The molecule has 0 aliphatic carbocycles. The fourth-order valence-electron chi connectivity index (χ4n) is 1.61. The van der Waals surface area contributed by atoms with Gasteiger partial charge in [0.05, 0.1) is 21.3 Å². The first-order chi connectivity index (χ1) is 9.27. The molecule has 106 valence electrons. The topological polar surface area (TPSA) is 72.2 Å². The van der Waals surface area contributed by atoms with Crippen molar-refractivity contribution in [1.82, 2.24) is 0 Å². The third-order valence-electron chi connectivity index (χ3n) is 2.65. The molecule has 0 radical (unpaired) electrons. The number of halogens is 2. The molecule has 2 rings (SSSR count). The van der Waals surface area contributed by atoms with E-state index in [2.05, 4.69) is 5.32 Å². The van der Waals surface area contributed by atoms with E-state index in [0.29, 0.717) is 11.4 Å². The van der Waals surface area contributed by atoms with Gasteiger partial charge in [0.1, 0.15) is 5.82 Å². The standard InChI is InChI=1S/C13H12ClFN2O2S/c1-20(18,19)9-3-5-13(12(16)7-9)17-8-2-4-11(15)10(14)6-8/h2-7,17H,16H2,1H3.